The average molecular weight is 324 g/mol. The molecule has 1 unspecified atom stereocenters. The molecular weight excluding hydrogens is 302 g/mol. The molecule has 2 aliphatic rings. The van der Waals surface area contributed by atoms with Crippen LogP contribution in [0.1, 0.15) is 36.0 Å². The quantitative estimate of drug-likeness (QED) is 0.837. The molecule has 3 N–H and O–H groups in total. The summed E-state index contributed by atoms with van der Waals surface area (Å²) in [6.45, 7) is 0. The normalized spacial score (nSPS) is 27.7. The van der Waals surface area contributed by atoms with Crippen molar-refractivity contribution in [3.63, 3.8) is 0 Å². The summed E-state index contributed by atoms with van der Waals surface area (Å²) in [6.07, 6.45) is 4.46. The van der Waals surface area contributed by atoms with Gasteiger partial charge < -0.3 is 20.7 Å². The molecule has 3 rings (SSSR count). The van der Waals surface area contributed by atoms with E-state index < -0.39 is 0 Å². The van der Waals surface area contributed by atoms with E-state index in [9.17, 15) is 4.79 Å². The van der Waals surface area contributed by atoms with E-state index >= 15 is 0 Å². The fourth-order valence-electron chi connectivity index (χ4n) is 3.71. The molecule has 2 aliphatic heterocycles. The van der Waals surface area contributed by atoms with Crippen LogP contribution in [0.25, 0.3) is 0 Å². The number of carbonyl (C=O) groups is 1. The van der Waals surface area contributed by atoms with E-state index in [0.717, 1.165) is 12.8 Å². The molecule has 1 aromatic rings. The number of benzene rings is 1. The van der Waals surface area contributed by atoms with E-state index in [1.54, 1.807) is 12.1 Å². The molecule has 5 nitrogen and oxygen atoms in total. The SMILES string of the molecule is COc1cc(N)c(Cl)cc1C(=O)NC1C[C@H]2CC[C@@H](C1)N2C. The van der Waals surface area contributed by atoms with Gasteiger partial charge in [-0.1, -0.05) is 11.6 Å². The maximum atomic E-state index is 12.6. The summed E-state index contributed by atoms with van der Waals surface area (Å²) in [5.41, 5.74) is 6.61. The molecule has 2 saturated heterocycles. The highest BCUT2D eigenvalue weighted by Crippen LogP contribution is 2.35. The molecule has 0 radical (unpaired) electrons. The van der Waals surface area contributed by atoms with E-state index in [4.69, 9.17) is 22.1 Å². The molecule has 3 atom stereocenters. The van der Waals surface area contributed by atoms with Crippen molar-refractivity contribution in [1.82, 2.24) is 10.2 Å². The standard InChI is InChI=1S/C16H22ClN3O2/c1-20-10-3-4-11(20)6-9(5-10)19-16(21)12-7-13(17)14(18)8-15(12)22-2/h7-11H,3-6,18H2,1-2H3,(H,19,21)/t9?,10-,11+. The molecule has 0 saturated carbocycles. The number of rotatable bonds is 3. The van der Waals surface area contributed by atoms with E-state index in [-0.39, 0.29) is 11.9 Å². The van der Waals surface area contributed by atoms with Crippen molar-refractivity contribution in [2.75, 3.05) is 19.9 Å². The van der Waals surface area contributed by atoms with Gasteiger partial charge in [0, 0.05) is 24.2 Å². The van der Waals surface area contributed by atoms with Crippen molar-refractivity contribution in [2.24, 2.45) is 0 Å². The van der Waals surface area contributed by atoms with Gasteiger partial charge in [-0.3, -0.25) is 4.79 Å². The van der Waals surface area contributed by atoms with Crippen molar-refractivity contribution in [1.29, 1.82) is 0 Å². The Morgan fingerprint density at radius 3 is 2.59 bits per heavy atom. The summed E-state index contributed by atoms with van der Waals surface area (Å²) in [7, 11) is 3.71. The van der Waals surface area contributed by atoms with Crippen molar-refractivity contribution in [2.45, 2.75) is 43.8 Å². The lowest BCUT2D eigenvalue weighted by atomic mass is 9.97. The second-order valence-electron chi connectivity index (χ2n) is 6.27. The number of nitrogens with zero attached hydrogens (tertiary/aromatic N) is 1. The lowest BCUT2D eigenvalue weighted by Gasteiger charge is -2.36. The number of nitrogens with one attached hydrogen (secondary N) is 1. The highest BCUT2D eigenvalue weighted by molar-refractivity contribution is 6.33. The molecule has 0 spiro atoms. The first-order chi connectivity index (χ1) is 10.5. The van der Waals surface area contributed by atoms with Crippen LogP contribution in [-0.2, 0) is 0 Å². The maximum Gasteiger partial charge on any atom is 0.255 e. The van der Waals surface area contributed by atoms with Crippen LogP contribution in [-0.4, -0.2) is 43.1 Å². The first kappa shape index (κ1) is 15.4. The summed E-state index contributed by atoms with van der Waals surface area (Å²) in [5.74, 6) is 0.308. The zero-order valence-corrected chi connectivity index (χ0v) is 13.7. The van der Waals surface area contributed by atoms with Gasteiger partial charge in [-0.05, 0) is 38.8 Å². The molecule has 120 valence electrons. The van der Waals surface area contributed by atoms with E-state index in [0.29, 0.717) is 34.1 Å². The van der Waals surface area contributed by atoms with Gasteiger partial charge in [0.2, 0.25) is 0 Å². The first-order valence-electron chi connectivity index (χ1n) is 7.65. The number of amides is 1. The monoisotopic (exact) mass is 323 g/mol. The number of hydrogen-bond acceptors (Lipinski definition) is 4. The van der Waals surface area contributed by atoms with Gasteiger partial charge in [0.1, 0.15) is 5.75 Å². The third-order valence-electron chi connectivity index (χ3n) is 5.00. The highest BCUT2D eigenvalue weighted by Gasteiger charge is 2.39. The molecular formula is C16H22ClN3O2. The number of fused-ring (bicyclic) bond motifs is 2. The number of ether oxygens (including phenoxy) is 1. The Bertz CT molecular complexity index is 579. The van der Waals surface area contributed by atoms with Crippen LogP contribution in [0, 0.1) is 0 Å². The molecule has 1 amide bonds. The molecule has 1 aromatic carbocycles. The van der Waals surface area contributed by atoms with E-state index in [1.165, 1.54) is 20.0 Å². The number of methoxy groups -OCH3 is 1. The van der Waals surface area contributed by atoms with E-state index in [1.807, 2.05) is 0 Å². The van der Waals surface area contributed by atoms with Crippen LogP contribution >= 0.6 is 11.6 Å². The summed E-state index contributed by atoms with van der Waals surface area (Å²) in [6, 6.07) is 4.55. The third kappa shape index (κ3) is 2.75. The number of nitrogens with two attached hydrogens (primary N) is 1. The predicted molar refractivity (Wildman–Crippen MR) is 87.5 cm³/mol. The number of halogens is 1. The zero-order chi connectivity index (χ0) is 15.9. The Morgan fingerprint density at radius 2 is 2.00 bits per heavy atom. The number of piperidine rings is 1. The number of anilines is 1. The van der Waals surface area contributed by atoms with Gasteiger partial charge >= 0.3 is 0 Å². The summed E-state index contributed by atoms with van der Waals surface area (Å²) in [5, 5.41) is 3.50. The fourth-order valence-corrected chi connectivity index (χ4v) is 3.87. The van der Waals surface area contributed by atoms with Crippen LogP contribution in [0.2, 0.25) is 5.02 Å². The predicted octanol–water partition coefficient (Wildman–Crippen LogP) is 2.29. The van der Waals surface area contributed by atoms with Gasteiger partial charge in [0.25, 0.3) is 5.91 Å². The van der Waals surface area contributed by atoms with Gasteiger partial charge in [-0.2, -0.15) is 0 Å². The Hall–Kier alpha value is -1.46. The topological polar surface area (TPSA) is 67.6 Å². The minimum atomic E-state index is -0.146. The van der Waals surface area contributed by atoms with Crippen LogP contribution in [0.3, 0.4) is 0 Å². The molecule has 2 heterocycles. The lowest BCUT2D eigenvalue weighted by molar-refractivity contribution is 0.0879. The van der Waals surface area contributed by atoms with Crippen LogP contribution < -0.4 is 15.8 Å². The summed E-state index contributed by atoms with van der Waals surface area (Å²) >= 11 is 6.04. The summed E-state index contributed by atoms with van der Waals surface area (Å²) in [4.78, 5) is 15.0. The Morgan fingerprint density at radius 1 is 1.36 bits per heavy atom. The average Bonchev–Trinajstić information content (AvgIpc) is 2.72. The first-order valence-corrected chi connectivity index (χ1v) is 8.03. The molecule has 6 heteroatoms. The largest absolute Gasteiger partial charge is 0.496 e. The Kier molecular flexibility index (Phi) is 4.19. The van der Waals surface area contributed by atoms with Gasteiger partial charge in [-0.25, -0.2) is 0 Å². The maximum absolute atomic E-state index is 12.6. The van der Waals surface area contributed by atoms with Gasteiger partial charge in [0.15, 0.2) is 0 Å². The number of hydrogen-bond donors (Lipinski definition) is 2. The number of carbonyl (C=O) groups excluding carboxylic acids is 1. The van der Waals surface area contributed by atoms with Gasteiger partial charge in [0.05, 0.1) is 23.4 Å². The van der Waals surface area contributed by atoms with Crippen LogP contribution in [0.4, 0.5) is 5.69 Å². The van der Waals surface area contributed by atoms with Crippen LogP contribution in [0.5, 0.6) is 5.75 Å². The molecule has 2 bridgehead atoms. The second kappa shape index (κ2) is 5.97. The smallest absolute Gasteiger partial charge is 0.255 e. The van der Waals surface area contributed by atoms with Crippen molar-refractivity contribution < 1.29 is 9.53 Å². The van der Waals surface area contributed by atoms with Crippen molar-refractivity contribution in [3.8, 4) is 5.75 Å². The van der Waals surface area contributed by atoms with Crippen molar-refractivity contribution in [3.05, 3.63) is 22.7 Å². The van der Waals surface area contributed by atoms with Crippen molar-refractivity contribution >= 4 is 23.2 Å². The fraction of sp³-hybridized carbons (Fsp3) is 0.562. The highest BCUT2D eigenvalue weighted by atomic mass is 35.5. The molecule has 0 aromatic heterocycles. The molecule has 2 fully saturated rings. The summed E-state index contributed by atoms with van der Waals surface area (Å²) < 4.78 is 5.26. The van der Waals surface area contributed by atoms with Gasteiger partial charge in [-0.15, -0.1) is 0 Å². The number of nitrogen functional groups attached to an aromatic ring is 1. The second-order valence-corrected chi connectivity index (χ2v) is 6.67. The molecule has 0 aliphatic carbocycles. The minimum Gasteiger partial charge on any atom is -0.496 e. The third-order valence-corrected chi connectivity index (χ3v) is 5.32. The Balaban J connectivity index is 1.74. The minimum absolute atomic E-state index is 0.146. The molecule has 22 heavy (non-hydrogen) atoms. The Labute approximate surface area is 135 Å². The zero-order valence-electron chi connectivity index (χ0n) is 12.9. The van der Waals surface area contributed by atoms with Crippen LogP contribution in [0.15, 0.2) is 12.1 Å². The van der Waals surface area contributed by atoms with E-state index in [2.05, 4.69) is 17.3 Å². The lowest BCUT2D eigenvalue weighted by Crippen LogP contribution is -2.48.